The Morgan fingerprint density at radius 3 is 2.83 bits per heavy atom. The zero-order chi connectivity index (χ0) is 25.1. The second-order valence-electron chi connectivity index (χ2n) is 9.92. The van der Waals surface area contributed by atoms with Crippen molar-refractivity contribution in [1.29, 1.82) is 0 Å². The number of rotatable bonds is 8. The highest BCUT2D eigenvalue weighted by Crippen LogP contribution is 2.32. The molecule has 0 spiro atoms. The van der Waals surface area contributed by atoms with Gasteiger partial charge in [-0.1, -0.05) is 19.9 Å². The lowest BCUT2D eigenvalue weighted by Crippen LogP contribution is -2.42. The number of ether oxygens (including phenoxy) is 2. The molecule has 0 saturated carbocycles. The summed E-state index contributed by atoms with van der Waals surface area (Å²) < 4.78 is 25.9. The maximum atomic E-state index is 14.9. The molecule has 2 aliphatic rings. The first kappa shape index (κ1) is 25.0. The van der Waals surface area contributed by atoms with Gasteiger partial charge in [-0.15, -0.1) is 0 Å². The molecule has 3 N–H and O–H groups in total. The first-order chi connectivity index (χ1) is 17.5. The van der Waals surface area contributed by atoms with E-state index in [1.54, 1.807) is 0 Å². The van der Waals surface area contributed by atoms with E-state index in [0.29, 0.717) is 25.1 Å². The number of pyridine rings is 1. The average molecular weight is 496 g/mol. The third-order valence-electron chi connectivity index (χ3n) is 6.94. The van der Waals surface area contributed by atoms with Crippen molar-refractivity contribution in [2.75, 3.05) is 31.7 Å². The van der Waals surface area contributed by atoms with Crippen LogP contribution in [0.3, 0.4) is 0 Å². The summed E-state index contributed by atoms with van der Waals surface area (Å²) in [6.45, 7) is 7.49. The van der Waals surface area contributed by atoms with Gasteiger partial charge in [0, 0.05) is 43.4 Å². The molecule has 0 unspecified atom stereocenters. The summed E-state index contributed by atoms with van der Waals surface area (Å²) >= 11 is 0. The smallest absolute Gasteiger partial charge is 0.223 e. The van der Waals surface area contributed by atoms with Gasteiger partial charge in [0.2, 0.25) is 5.95 Å². The molecule has 9 heteroatoms. The third-order valence-corrected chi connectivity index (χ3v) is 6.94. The Labute approximate surface area is 210 Å². The second kappa shape index (κ2) is 11.1. The van der Waals surface area contributed by atoms with Crippen molar-refractivity contribution in [3.05, 3.63) is 47.5 Å². The summed E-state index contributed by atoms with van der Waals surface area (Å²) in [4.78, 5) is 13.3. The van der Waals surface area contributed by atoms with E-state index >= 15 is 0 Å². The largest absolute Gasteiger partial charge is 0.389 e. The quantitative estimate of drug-likeness (QED) is 0.434. The molecular weight excluding hydrogens is 461 g/mol. The highest BCUT2D eigenvalue weighted by atomic mass is 19.1. The lowest BCUT2D eigenvalue weighted by molar-refractivity contribution is -0.0136. The molecule has 2 aliphatic heterocycles. The molecule has 2 aromatic heterocycles. The average Bonchev–Trinajstić information content (AvgIpc) is 3.39. The van der Waals surface area contributed by atoms with Crippen molar-refractivity contribution >= 4 is 16.9 Å². The summed E-state index contributed by atoms with van der Waals surface area (Å²) in [5, 5.41) is 17.8. The van der Waals surface area contributed by atoms with Crippen molar-refractivity contribution in [1.82, 2.24) is 20.3 Å². The Hall–Kier alpha value is -2.72. The fourth-order valence-corrected chi connectivity index (χ4v) is 5.09. The molecule has 1 aromatic carbocycles. The minimum Gasteiger partial charge on any atom is -0.389 e. The molecule has 0 radical (unpaired) electrons. The van der Waals surface area contributed by atoms with Crippen LogP contribution in [-0.2, 0) is 16.0 Å². The molecule has 0 aliphatic carbocycles. The van der Waals surface area contributed by atoms with Crippen LogP contribution in [0.4, 0.5) is 10.3 Å². The minimum absolute atomic E-state index is 0.215. The minimum atomic E-state index is -0.663. The van der Waals surface area contributed by atoms with E-state index in [9.17, 15) is 9.50 Å². The monoisotopic (exact) mass is 495 g/mol. The van der Waals surface area contributed by atoms with Crippen molar-refractivity contribution < 1.29 is 19.0 Å². The van der Waals surface area contributed by atoms with Crippen LogP contribution in [0.15, 0.2) is 30.6 Å². The van der Waals surface area contributed by atoms with E-state index in [0.717, 1.165) is 42.5 Å². The number of hydrogen-bond donors (Lipinski definition) is 3. The topological polar surface area (TPSA) is 101 Å². The summed E-state index contributed by atoms with van der Waals surface area (Å²) in [5.41, 5.74) is 4.06. The van der Waals surface area contributed by atoms with E-state index in [1.165, 1.54) is 11.8 Å². The molecule has 3 atom stereocenters. The Morgan fingerprint density at radius 1 is 1.17 bits per heavy atom. The maximum absolute atomic E-state index is 14.9. The summed E-state index contributed by atoms with van der Waals surface area (Å²) in [6, 6.07) is 5.49. The maximum Gasteiger partial charge on any atom is 0.223 e. The molecule has 2 fully saturated rings. The first-order valence-electron chi connectivity index (χ1n) is 12.8. The van der Waals surface area contributed by atoms with Crippen LogP contribution in [-0.4, -0.2) is 64.7 Å². The zero-order valence-corrected chi connectivity index (χ0v) is 20.8. The Balaban J connectivity index is 1.43. The van der Waals surface area contributed by atoms with Crippen molar-refractivity contribution in [2.24, 2.45) is 0 Å². The molecule has 0 bridgehead atoms. The fourth-order valence-electron chi connectivity index (χ4n) is 5.09. The van der Waals surface area contributed by atoms with Gasteiger partial charge >= 0.3 is 0 Å². The Morgan fingerprint density at radius 2 is 2.06 bits per heavy atom. The number of nitrogens with zero attached hydrogens (tertiary/aromatic N) is 3. The normalized spacial score (nSPS) is 22.4. The van der Waals surface area contributed by atoms with Crippen molar-refractivity contribution in [3.8, 4) is 11.3 Å². The first-order valence-corrected chi connectivity index (χ1v) is 12.8. The lowest BCUT2D eigenvalue weighted by atomic mass is 9.92. The molecule has 3 aromatic rings. The van der Waals surface area contributed by atoms with Gasteiger partial charge in [-0.25, -0.2) is 14.4 Å². The van der Waals surface area contributed by atoms with Gasteiger partial charge in [-0.3, -0.25) is 4.98 Å². The summed E-state index contributed by atoms with van der Waals surface area (Å²) in [5.74, 6) is 0.0420. The van der Waals surface area contributed by atoms with Crippen LogP contribution in [0, 0.1) is 5.82 Å². The predicted molar refractivity (Wildman–Crippen MR) is 136 cm³/mol. The molecule has 2 saturated heterocycles. The van der Waals surface area contributed by atoms with Crippen molar-refractivity contribution in [2.45, 2.75) is 63.8 Å². The molecule has 4 heterocycles. The van der Waals surface area contributed by atoms with Crippen molar-refractivity contribution in [3.63, 3.8) is 0 Å². The number of hydrogen-bond acceptors (Lipinski definition) is 8. The standard InChI is InChI=1S/C27H34FN5O3/c1-16(2)25-18(11-29-13-19-4-3-8-36-19)12-30-22-6-5-17(10-20(22)25)26-21(28)14-31-27(33-26)32-23-7-9-35-15-24(23)34/h5-6,10,12,14,16,19,23-24,29,34H,3-4,7-9,11,13,15H2,1-2H3,(H,31,32,33)/t19-,23+,24+/m0/s1. The number of nitrogens with one attached hydrogen (secondary N) is 2. The predicted octanol–water partition coefficient (Wildman–Crippen LogP) is 3.78. The lowest BCUT2D eigenvalue weighted by Gasteiger charge is -2.28. The Kier molecular flexibility index (Phi) is 7.71. The van der Waals surface area contributed by atoms with Gasteiger partial charge < -0.3 is 25.2 Å². The molecular formula is C27H34FN5O3. The van der Waals surface area contributed by atoms with E-state index in [4.69, 9.17) is 9.47 Å². The number of aliphatic hydroxyl groups is 1. The van der Waals surface area contributed by atoms with Crippen LogP contribution in [0.2, 0.25) is 0 Å². The summed E-state index contributed by atoms with van der Waals surface area (Å²) in [7, 11) is 0. The van der Waals surface area contributed by atoms with E-state index in [1.807, 2.05) is 24.4 Å². The second-order valence-corrected chi connectivity index (χ2v) is 9.92. The van der Waals surface area contributed by atoms with Crippen LogP contribution < -0.4 is 10.6 Å². The van der Waals surface area contributed by atoms with E-state index in [-0.39, 0.29) is 36.3 Å². The number of aliphatic hydroxyl groups excluding tert-OH is 1. The van der Waals surface area contributed by atoms with Gasteiger partial charge in [0.15, 0.2) is 5.82 Å². The SMILES string of the molecule is CC(C)c1c(CNC[C@@H]2CCCO2)cnc2ccc(-c3nc(N[C@@H]4CCOC[C@H]4O)ncc3F)cc12. The van der Waals surface area contributed by atoms with Gasteiger partial charge in [0.25, 0.3) is 0 Å². The molecule has 36 heavy (non-hydrogen) atoms. The molecule has 0 amide bonds. The number of halogens is 1. The third kappa shape index (κ3) is 5.49. The number of fused-ring (bicyclic) bond motifs is 1. The van der Waals surface area contributed by atoms with Crippen LogP contribution in [0.25, 0.3) is 22.2 Å². The van der Waals surface area contributed by atoms with Crippen LogP contribution >= 0.6 is 0 Å². The van der Waals surface area contributed by atoms with Gasteiger partial charge in [-0.2, -0.15) is 0 Å². The summed E-state index contributed by atoms with van der Waals surface area (Å²) in [6.07, 6.45) is 5.57. The number of aromatic nitrogens is 3. The fraction of sp³-hybridized carbons (Fsp3) is 0.519. The highest BCUT2D eigenvalue weighted by molar-refractivity contribution is 5.88. The van der Waals surface area contributed by atoms with Gasteiger partial charge in [0.05, 0.1) is 36.6 Å². The van der Waals surface area contributed by atoms with E-state index in [2.05, 4.69) is 39.4 Å². The van der Waals surface area contributed by atoms with Gasteiger partial charge in [-0.05, 0) is 48.4 Å². The van der Waals surface area contributed by atoms with E-state index < -0.39 is 11.9 Å². The van der Waals surface area contributed by atoms with Crippen LogP contribution in [0.1, 0.15) is 50.2 Å². The molecule has 5 rings (SSSR count). The number of benzene rings is 1. The number of anilines is 1. The Bertz CT molecular complexity index is 1200. The highest BCUT2D eigenvalue weighted by Gasteiger charge is 2.25. The zero-order valence-electron chi connectivity index (χ0n) is 20.8. The molecule has 192 valence electrons. The van der Waals surface area contributed by atoms with Crippen LogP contribution in [0.5, 0.6) is 0 Å². The molecule has 8 nitrogen and oxygen atoms in total. The van der Waals surface area contributed by atoms with Gasteiger partial charge in [0.1, 0.15) is 5.69 Å².